The SMILES string of the molecule is CC(C)(N)CCc1c(O)cc(O)c2c(=O)c(O)c(-c3ccccn3)oc12. The molecule has 0 saturated heterocycles. The number of aryl methyl sites for hydroxylation is 1. The average molecular weight is 356 g/mol. The van der Waals surface area contributed by atoms with Crippen molar-refractivity contribution >= 4 is 11.0 Å². The van der Waals surface area contributed by atoms with Gasteiger partial charge in [0.15, 0.2) is 5.76 Å². The zero-order valence-corrected chi connectivity index (χ0v) is 14.5. The van der Waals surface area contributed by atoms with E-state index >= 15 is 0 Å². The van der Waals surface area contributed by atoms with E-state index in [1.165, 1.54) is 6.20 Å². The molecule has 0 unspecified atom stereocenters. The summed E-state index contributed by atoms with van der Waals surface area (Å²) in [6.45, 7) is 3.68. The first-order valence-electron chi connectivity index (χ1n) is 8.13. The molecule has 0 radical (unpaired) electrons. The van der Waals surface area contributed by atoms with Crippen LogP contribution >= 0.6 is 0 Å². The Morgan fingerprint density at radius 1 is 1.19 bits per heavy atom. The first-order valence-corrected chi connectivity index (χ1v) is 8.13. The summed E-state index contributed by atoms with van der Waals surface area (Å²) in [7, 11) is 0. The van der Waals surface area contributed by atoms with Crippen molar-refractivity contribution in [3.8, 4) is 28.7 Å². The van der Waals surface area contributed by atoms with E-state index in [4.69, 9.17) is 10.2 Å². The zero-order chi connectivity index (χ0) is 19.1. The predicted octanol–water partition coefficient (Wildman–Crippen LogP) is 2.64. The second-order valence-corrected chi connectivity index (χ2v) is 6.91. The van der Waals surface area contributed by atoms with Gasteiger partial charge in [0.1, 0.15) is 28.2 Å². The van der Waals surface area contributed by atoms with Crippen molar-refractivity contribution in [2.45, 2.75) is 32.2 Å². The van der Waals surface area contributed by atoms with Crippen LogP contribution in [-0.4, -0.2) is 25.8 Å². The maximum absolute atomic E-state index is 12.6. The summed E-state index contributed by atoms with van der Waals surface area (Å²) in [6.07, 6.45) is 2.32. The number of fused-ring (bicyclic) bond motifs is 1. The molecule has 0 bridgehead atoms. The Morgan fingerprint density at radius 3 is 2.54 bits per heavy atom. The molecule has 136 valence electrons. The number of pyridine rings is 1. The first kappa shape index (κ1) is 17.8. The van der Waals surface area contributed by atoms with Crippen LogP contribution in [0.5, 0.6) is 17.2 Å². The van der Waals surface area contributed by atoms with Gasteiger partial charge in [0.2, 0.25) is 11.2 Å². The quantitative estimate of drug-likeness (QED) is 0.565. The number of rotatable bonds is 4. The van der Waals surface area contributed by atoms with Gasteiger partial charge in [-0.25, -0.2) is 0 Å². The lowest BCUT2D eigenvalue weighted by atomic mass is 9.94. The van der Waals surface area contributed by atoms with E-state index in [9.17, 15) is 20.1 Å². The van der Waals surface area contributed by atoms with Crippen LogP contribution in [0.25, 0.3) is 22.4 Å². The third-order valence-electron chi connectivity index (χ3n) is 4.12. The van der Waals surface area contributed by atoms with E-state index in [0.29, 0.717) is 18.4 Å². The molecule has 7 heteroatoms. The molecule has 0 atom stereocenters. The van der Waals surface area contributed by atoms with E-state index < -0.39 is 22.5 Å². The lowest BCUT2D eigenvalue weighted by Gasteiger charge is -2.19. The van der Waals surface area contributed by atoms with Crippen molar-refractivity contribution in [2.75, 3.05) is 0 Å². The predicted molar refractivity (Wildman–Crippen MR) is 97.3 cm³/mol. The molecule has 0 fully saturated rings. The molecule has 0 amide bonds. The minimum absolute atomic E-state index is 0.00945. The van der Waals surface area contributed by atoms with Crippen molar-refractivity contribution in [1.82, 2.24) is 4.98 Å². The molecule has 0 aliphatic heterocycles. The number of nitrogens with zero attached hydrogens (tertiary/aromatic N) is 1. The Hall–Kier alpha value is -3.06. The highest BCUT2D eigenvalue weighted by Gasteiger charge is 2.24. The standard InChI is InChI=1S/C19H20N2O5/c1-19(2,20)7-6-10-12(22)9-13(23)14-15(24)16(25)18(26-17(10)14)11-5-3-4-8-21-11/h3-5,8-9,22-23,25H,6-7,20H2,1-2H3. The van der Waals surface area contributed by atoms with E-state index in [1.54, 1.807) is 18.2 Å². The lowest BCUT2D eigenvalue weighted by molar-refractivity contribution is 0.428. The molecule has 26 heavy (non-hydrogen) atoms. The van der Waals surface area contributed by atoms with Crippen molar-refractivity contribution in [2.24, 2.45) is 5.73 Å². The summed E-state index contributed by atoms with van der Waals surface area (Å²) < 4.78 is 5.74. The summed E-state index contributed by atoms with van der Waals surface area (Å²) in [4.78, 5) is 16.7. The molecule has 2 heterocycles. The monoisotopic (exact) mass is 356 g/mol. The van der Waals surface area contributed by atoms with Crippen LogP contribution in [0.4, 0.5) is 0 Å². The number of aromatic hydroxyl groups is 3. The van der Waals surface area contributed by atoms with Crippen LogP contribution in [0.2, 0.25) is 0 Å². The molecular weight excluding hydrogens is 336 g/mol. The van der Waals surface area contributed by atoms with Crippen molar-refractivity contribution in [3.63, 3.8) is 0 Å². The van der Waals surface area contributed by atoms with Gasteiger partial charge in [0.25, 0.3) is 0 Å². The molecular formula is C19H20N2O5. The van der Waals surface area contributed by atoms with Crippen LogP contribution in [0.1, 0.15) is 25.8 Å². The number of phenols is 2. The molecule has 5 N–H and O–H groups in total. The van der Waals surface area contributed by atoms with Crippen molar-refractivity contribution in [3.05, 3.63) is 46.2 Å². The normalized spacial score (nSPS) is 11.8. The van der Waals surface area contributed by atoms with E-state index in [-0.39, 0.29) is 28.2 Å². The summed E-state index contributed by atoms with van der Waals surface area (Å²) in [5, 5.41) is 30.4. The molecule has 2 aromatic heterocycles. The minimum Gasteiger partial charge on any atom is -0.507 e. The molecule has 1 aromatic carbocycles. The average Bonchev–Trinajstić information content (AvgIpc) is 2.57. The maximum atomic E-state index is 12.6. The second-order valence-electron chi connectivity index (χ2n) is 6.91. The fourth-order valence-electron chi connectivity index (χ4n) is 2.74. The lowest BCUT2D eigenvalue weighted by Crippen LogP contribution is -2.32. The highest BCUT2D eigenvalue weighted by atomic mass is 16.4. The van der Waals surface area contributed by atoms with Gasteiger partial charge in [0, 0.05) is 23.4 Å². The van der Waals surface area contributed by atoms with Gasteiger partial charge in [-0.05, 0) is 38.8 Å². The van der Waals surface area contributed by atoms with Crippen LogP contribution in [-0.2, 0) is 6.42 Å². The van der Waals surface area contributed by atoms with E-state index in [0.717, 1.165) is 6.07 Å². The Morgan fingerprint density at radius 2 is 1.92 bits per heavy atom. The van der Waals surface area contributed by atoms with Crippen LogP contribution in [0.3, 0.4) is 0 Å². The van der Waals surface area contributed by atoms with E-state index in [1.807, 2.05) is 13.8 Å². The topological polar surface area (TPSA) is 130 Å². The number of nitrogens with two attached hydrogens (primary N) is 1. The van der Waals surface area contributed by atoms with Gasteiger partial charge in [-0.1, -0.05) is 6.07 Å². The van der Waals surface area contributed by atoms with Gasteiger partial charge < -0.3 is 25.5 Å². The third kappa shape index (κ3) is 3.21. The van der Waals surface area contributed by atoms with Crippen molar-refractivity contribution in [1.29, 1.82) is 0 Å². The Labute approximate surface area is 149 Å². The highest BCUT2D eigenvalue weighted by Crippen LogP contribution is 2.38. The summed E-state index contributed by atoms with van der Waals surface area (Å²) in [5.74, 6) is -1.45. The number of hydrogen-bond acceptors (Lipinski definition) is 7. The van der Waals surface area contributed by atoms with Gasteiger partial charge in [-0.2, -0.15) is 0 Å². The van der Waals surface area contributed by atoms with Crippen molar-refractivity contribution < 1.29 is 19.7 Å². The van der Waals surface area contributed by atoms with Crippen LogP contribution in [0.15, 0.2) is 39.7 Å². The summed E-state index contributed by atoms with van der Waals surface area (Å²) in [5.41, 5.74) is 5.32. The number of phenolic OH excluding ortho intramolecular Hbond substituents is 2. The number of benzene rings is 1. The Bertz CT molecular complexity index is 1020. The maximum Gasteiger partial charge on any atom is 0.238 e. The molecule has 0 saturated carbocycles. The van der Waals surface area contributed by atoms with Gasteiger partial charge in [0.05, 0.1) is 0 Å². The molecule has 0 spiro atoms. The molecule has 3 aromatic rings. The molecule has 7 nitrogen and oxygen atoms in total. The van der Waals surface area contributed by atoms with Crippen LogP contribution in [0, 0.1) is 0 Å². The summed E-state index contributed by atoms with van der Waals surface area (Å²) >= 11 is 0. The zero-order valence-electron chi connectivity index (χ0n) is 14.5. The van der Waals surface area contributed by atoms with Gasteiger partial charge in [-0.15, -0.1) is 0 Å². The van der Waals surface area contributed by atoms with Gasteiger partial charge >= 0.3 is 0 Å². The third-order valence-corrected chi connectivity index (χ3v) is 4.12. The smallest absolute Gasteiger partial charge is 0.238 e. The van der Waals surface area contributed by atoms with Crippen LogP contribution < -0.4 is 11.2 Å². The number of aromatic nitrogens is 1. The fraction of sp³-hybridized carbons (Fsp3) is 0.263. The fourth-order valence-corrected chi connectivity index (χ4v) is 2.74. The largest absolute Gasteiger partial charge is 0.507 e. The molecule has 0 aliphatic rings. The Kier molecular flexibility index (Phi) is 4.33. The highest BCUT2D eigenvalue weighted by molar-refractivity contribution is 5.90. The van der Waals surface area contributed by atoms with Gasteiger partial charge in [-0.3, -0.25) is 9.78 Å². The van der Waals surface area contributed by atoms with E-state index in [2.05, 4.69) is 4.98 Å². The number of hydrogen-bond donors (Lipinski definition) is 4. The minimum atomic E-state index is -0.794. The second kappa shape index (κ2) is 6.34. The molecule has 3 rings (SSSR count). The first-order chi connectivity index (χ1) is 12.2. The summed E-state index contributed by atoms with van der Waals surface area (Å²) in [6, 6.07) is 6.02. The Balaban J connectivity index is 2.31. The molecule has 0 aliphatic carbocycles.